The normalized spacial score (nSPS) is 11.6. The van der Waals surface area contributed by atoms with Crippen molar-refractivity contribution in [3.05, 3.63) is 41.2 Å². The Morgan fingerprint density at radius 1 is 1.71 bits per heavy atom. The second-order valence-corrected chi connectivity index (χ2v) is 3.57. The van der Waals surface area contributed by atoms with E-state index in [2.05, 4.69) is 11.6 Å². The van der Waals surface area contributed by atoms with Gasteiger partial charge in [0.1, 0.15) is 0 Å². The van der Waals surface area contributed by atoms with Crippen LogP contribution in [0.5, 0.6) is 0 Å². The van der Waals surface area contributed by atoms with Crippen LogP contribution in [0, 0.1) is 0 Å². The first-order valence-corrected chi connectivity index (χ1v) is 4.48. The Bertz CT molecular complexity index is 313. The molecule has 1 atom stereocenters. The molecule has 0 radical (unpaired) electrons. The van der Waals surface area contributed by atoms with Gasteiger partial charge in [0.2, 0.25) is 0 Å². The van der Waals surface area contributed by atoms with Gasteiger partial charge in [-0.1, -0.05) is 17.2 Å². The van der Waals surface area contributed by atoms with Crippen molar-refractivity contribution in [1.82, 2.24) is 4.98 Å². The number of hydrogen-bond acceptors (Lipinski definition) is 2. The maximum atomic E-state index is 5.93. The van der Waals surface area contributed by atoms with E-state index in [1.165, 1.54) is 0 Å². The summed E-state index contributed by atoms with van der Waals surface area (Å²) in [5, 5.41) is 0.622. The molecule has 0 fully saturated rings. The maximum absolute atomic E-state index is 5.93. The van der Waals surface area contributed by atoms with E-state index in [4.69, 9.17) is 17.3 Å². The molecule has 78 valence electrons. The van der Waals surface area contributed by atoms with Crippen LogP contribution in [0.25, 0.3) is 0 Å². The predicted molar refractivity (Wildman–Crippen MR) is 62.9 cm³/mol. The number of halogens is 2. The molecule has 1 aromatic rings. The molecule has 0 aromatic carbocycles. The van der Waals surface area contributed by atoms with E-state index < -0.39 is 0 Å². The van der Waals surface area contributed by atoms with Crippen LogP contribution in [-0.4, -0.2) is 4.98 Å². The van der Waals surface area contributed by atoms with Crippen molar-refractivity contribution >= 4 is 24.0 Å². The molecule has 0 saturated carbocycles. The summed E-state index contributed by atoms with van der Waals surface area (Å²) in [7, 11) is 0. The third-order valence-corrected chi connectivity index (χ3v) is 2.09. The minimum Gasteiger partial charge on any atom is -0.324 e. The number of nitrogens with zero attached hydrogens (tertiary/aromatic N) is 1. The molecule has 0 bridgehead atoms. The lowest BCUT2D eigenvalue weighted by Crippen LogP contribution is -2.11. The molecule has 4 heteroatoms. The average Bonchev–Trinajstić information content (AvgIpc) is 2.03. The molecule has 0 unspecified atom stereocenters. The van der Waals surface area contributed by atoms with Crippen molar-refractivity contribution in [2.24, 2.45) is 5.73 Å². The molecule has 1 aromatic heterocycles. The van der Waals surface area contributed by atoms with Crippen LogP contribution in [0.3, 0.4) is 0 Å². The Kier molecular flexibility index (Phi) is 5.77. The summed E-state index contributed by atoms with van der Waals surface area (Å²) in [6.07, 6.45) is 4.05. The van der Waals surface area contributed by atoms with Crippen LogP contribution < -0.4 is 5.73 Å². The molecule has 0 saturated heterocycles. The first-order chi connectivity index (χ1) is 6.11. The Balaban J connectivity index is 0.00000169. The van der Waals surface area contributed by atoms with Gasteiger partial charge < -0.3 is 5.73 Å². The standard InChI is InChI=1S/C10H13ClN2.ClH/c1-7(2)5-10(12)8-3-4-13-6-9(8)11;/h3-4,6,10H,1,5,12H2,2H3;1H/t10-;/m1./s1. The van der Waals surface area contributed by atoms with E-state index in [-0.39, 0.29) is 18.4 Å². The van der Waals surface area contributed by atoms with Crippen LogP contribution in [-0.2, 0) is 0 Å². The molecule has 2 nitrogen and oxygen atoms in total. The molecular weight excluding hydrogens is 219 g/mol. The molecule has 0 spiro atoms. The summed E-state index contributed by atoms with van der Waals surface area (Å²) in [4.78, 5) is 3.90. The number of rotatable bonds is 3. The van der Waals surface area contributed by atoms with Gasteiger partial charge in [0.05, 0.1) is 5.02 Å². The summed E-state index contributed by atoms with van der Waals surface area (Å²) in [5.41, 5.74) is 7.91. The first kappa shape index (κ1) is 13.4. The molecule has 0 aliphatic heterocycles. The van der Waals surface area contributed by atoms with Crippen molar-refractivity contribution in [3.8, 4) is 0 Å². The van der Waals surface area contributed by atoms with Gasteiger partial charge in [-0.15, -0.1) is 19.0 Å². The maximum Gasteiger partial charge on any atom is 0.0637 e. The van der Waals surface area contributed by atoms with E-state index in [0.29, 0.717) is 5.02 Å². The van der Waals surface area contributed by atoms with Crippen molar-refractivity contribution in [3.63, 3.8) is 0 Å². The van der Waals surface area contributed by atoms with Gasteiger partial charge in [-0.25, -0.2) is 0 Å². The highest BCUT2D eigenvalue weighted by Gasteiger charge is 2.09. The smallest absolute Gasteiger partial charge is 0.0637 e. The molecule has 1 rings (SSSR count). The van der Waals surface area contributed by atoms with E-state index in [9.17, 15) is 0 Å². The number of aromatic nitrogens is 1. The van der Waals surface area contributed by atoms with Gasteiger partial charge in [-0.05, 0) is 25.0 Å². The van der Waals surface area contributed by atoms with Crippen LogP contribution in [0.15, 0.2) is 30.6 Å². The van der Waals surface area contributed by atoms with Crippen LogP contribution in [0.4, 0.5) is 0 Å². The van der Waals surface area contributed by atoms with Gasteiger partial charge >= 0.3 is 0 Å². The second-order valence-electron chi connectivity index (χ2n) is 3.16. The zero-order chi connectivity index (χ0) is 9.84. The largest absolute Gasteiger partial charge is 0.324 e. The molecule has 1 heterocycles. The molecular formula is C10H14Cl2N2. The minimum absolute atomic E-state index is 0. The average molecular weight is 233 g/mol. The highest BCUT2D eigenvalue weighted by atomic mass is 35.5. The Labute approximate surface area is 95.6 Å². The van der Waals surface area contributed by atoms with Crippen molar-refractivity contribution in [2.75, 3.05) is 0 Å². The summed E-state index contributed by atoms with van der Waals surface area (Å²) >= 11 is 5.93. The molecule has 0 aliphatic rings. The van der Waals surface area contributed by atoms with Crippen molar-refractivity contribution in [2.45, 2.75) is 19.4 Å². The summed E-state index contributed by atoms with van der Waals surface area (Å²) in [6.45, 7) is 5.76. The minimum atomic E-state index is -0.0759. The Morgan fingerprint density at radius 3 is 2.86 bits per heavy atom. The summed E-state index contributed by atoms with van der Waals surface area (Å²) in [6, 6.07) is 1.77. The van der Waals surface area contributed by atoms with Crippen molar-refractivity contribution in [1.29, 1.82) is 0 Å². The fraction of sp³-hybridized carbons (Fsp3) is 0.300. The Hall–Kier alpha value is -0.570. The zero-order valence-electron chi connectivity index (χ0n) is 8.03. The number of nitrogens with two attached hydrogens (primary N) is 1. The van der Waals surface area contributed by atoms with Crippen molar-refractivity contribution < 1.29 is 0 Å². The highest BCUT2D eigenvalue weighted by molar-refractivity contribution is 6.31. The quantitative estimate of drug-likeness (QED) is 0.814. The zero-order valence-corrected chi connectivity index (χ0v) is 9.61. The van der Waals surface area contributed by atoms with Gasteiger partial charge in [0, 0.05) is 18.4 Å². The summed E-state index contributed by atoms with van der Waals surface area (Å²) < 4.78 is 0. The topological polar surface area (TPSA) is 38.9 Å². The van der Waals surface area contributed by atoms with Gasteiger partial charge in [-0.3, -0.25) is 4.98 Å². The van der Waals surface area contributed by atoms with E-state index in [1.807, 2.05) is 13.0 Å². The Morgan fingerprint density at radius 2 is 2.36 bits per heavy atom. The lowest BCUT2D eigenvalue weighted by Gasteiger charge is -2.12. The third-order valence-electron chi connectivity index (χ3n) is 1.77. The van der Waals surface area contributed by atoms with E-state index in [1.54, 1.807) is 12.4 Å². The van der Waals surface area contributed by atoms with E-state index >= 15 is 0 Å². The number of hydrogen-bond donors (Lipinski definition) is 1. The fourth-order valence-corrected chi connectivity index (χ4v) is 1.43. The fourth-order valence-electron chi connectivity index (χ4n) is 1.17. The summed E-state index contributed by atoms with van der Waals surface area (Å²) in [5.74, 6) is 0. The van der Waals surface area contributed by atoms with Gasteiger partial charge in [0.25, 0.3) is 0 Å². The molecule has 14 heavy (non-hydrogen) atoms. The first-order valence-electron chi connectivity index (χ1n) is 4.10. The second kappa shape index (κ2) is 6.02. The molecule has 0 amide bonds. The van der Waals surface area contributed by atoms with Gasteiger partial charge in [-0.2, -0.15) is 0 Å². The van der Waals surface area contributed by atoms with E-state index in [0.717, 1.165) is 17.6 Å². The molecule has 2 N–H and O–H groups in total. The van der Waals surface area contributed by atoms with Crippen LogP contribution in [0.1, 0.15) is 24.9 Å². The monoisotopic (exact) mass is 232 g/mol. The van der Waals surface area contributed by atoms with Crippen LogP contribution >= 0.6 is 24.0 Å². The lowest BCUT2D eigenvalue weighted by molar-refractivity contribution is 0.716. The third kappa shape index (κ3) is 3.66. The SMILES string of the molecule is C=C(C)C[C@@H](N)c1ccncc1Cl.Cl. The lowest BCUT2D eigenvalue weighted by atomic mass is 10.0. The van der Waals surface area contributed by atoms with Crippen LogP contribution in [0.2, 0.25) is 5.02 Å². The predicted octanol–water partition coefficient (Wildman–Crippen LogP) is 3.12. The molecule has 0 aliphatic carbocycles. The van der Waals surface area contributed by atoms with Gasteiger partial charge in [0.15, 0.2) is 0 Å². The highest BCUT2D eigenvalue weighted by Crippen LogP contribution is 2.23. The number of pyridine rings is 1.